The van der Waals surface area contributed by atoms with Crippen molar-refractivity contribution in [3.63, 3.8) is 0 Å². The van der Waals surface area contributed by atoms with Gasteiger partial charge >= 0.3 is 0 Å². The fourth-order valence-corrected chi connectivity index (χ4v) is 3.57. The van der Waals surface area contributed by atoms with Crippen LogP contribution >= 0.6 is 0 Å². The molecule has 2 N–H and O–H groups in total. The Hall–Kier alpha value is -0.120. The van der Waals surface area contributed by atoms with Crippen molar-refractivity contribution in [3.05, 3.63) is 0 Å². The number of aliphatic hydroxyl groups excluding tert-OH is 1. The molecule has 0 aliphatic heterocycles. The fraction of sp³-hybridized carbons (Fsp3) is 1.00. The van der Waals surface area contributed by atoms with Crippen LogP contribution in [0.25, 0.3) is 0 Å². The molecule has 0 amide bonds. The molecule has 0 bridgehead atoms. The highest BCUT2D eigenvalue weighted by molar-refractivity contribution is 5.03. The summed E-state index contributed by atoms with van der Waals surface area (Å²) in [6.45, 7) is 8.75. The van der Waals surface area contributed by atoms with Crippen molar-refractivity contribution in [1.29, 1.82) is 0 Å². The highest BCUT2D eigenvalue weighted by Gasteiger charge is 2.49. The molecular weight excluding hydrogens is 226 g/mol. The minimum absolute atomic E-state index is 0.160. The van der Waals surface area contributed by atoms with Crippen molar-refractivity contribution < 1.29 is 9.84 Å². The molecular formula is C15H29NO2. The standard InChI is InChI=1S/C15H29NO2/c1-4-18-13-9-12(14(13,2)3)16-10-15(11-17)7-5-6-8-15/h12-13,16-17H,4-11H2,1-3H3. The maximum absolute atomic E-state index is 9.62. The number of aliphatic hydroxyl groups is 1. The van der Waals surface area contributed by atoms with Gasteiger partial charge in [-0.15, -0.1) is 0 Å². The first-order valence-electron chi connectivity index (χ1n) is 7.50. The van der Waals surface area contributed by atoms with Gasteiger partial charge in [-0.25, -0.2) is 0 Å². The second-order valence-electron chi connectivity index (χ2n) is 6.80. The van der Waals surface area contributed by atoms with Gasteiger partial charge < -0.3 is 15.2 Å². The number of ether oxygens (including phenoxy) is 1. The topological polar surface area (TPSA) is 41.5 Å². The van der Waals surface area contributed by atoms with E-state index in [2.05, 4.69) is 26.1 Å². The summed E-state index contributed by atoms with van der Waals surface area (Å²) < 4.78 is 5.76. The van der Waals surface area contributed by atoms with Gasteiger partial charge in [-0.3, -0.25) is 0 Å². The molecule has 2 saturated carbocycles. The summed E-state index contributed by atoms with van der Waals surface area (Å²) in [7, 11) is 0. The van der Waals surface area contributed by atoms with E-state index in [-0.39, 0.29) is 10.8 Å². The Morgan fingerprint density at radius 3 is 2.44 bits per heavy atom. The molecule has 2 unspecified atom stereocenters. The molecule has 0 spiro atoms. The predicted octanol–water partition coefficient (Wildman–Crippen LogP) is 2.33. The van der Waals surface area contributed by atoms with Crippen LogP contribution in [0.3, 0.4) is 0 Å². The molecule has 2 atom stereocenters. The van der Waals surface area contributed by atoms with Gasteiger partial charge in [0.1, 0.15) is 0 Å². The Labute approximate surface area is 111 Å². The van der Waals surface area contributed by atoms with Gasteiger partial charge in [0.05, 0.1) is 6.10 Å². The Bertz CT molecular complexity index is 272. The lowest BCUT2D eigenvalue weighted by Crippen LogP contribution is -2.62. The van der Waals surface area contributed by atoms with Crippen LogP contribution in [0.2, 0.25) is 0 Å². The van der Waals surface area contributed by atoms with Crippen LogP contribution in [-0.2, 0) is 4.74 Å². The van der Waals surface area contributed by atoms with Crippen molar-refractivity contribution in [2.75, 3.05) is 19.8 Å². The number of hydrogen-bond donors (Lipinski definition) is 2. The first-order valence-corrected chi connectivity index (χ1v) is 7.50. The van der Waals surface area contributed by atoms with Crippen LogP contribution in [0, 0.1) is 10.8 Å². The smallest absolute Gasteiger partial charge is 0.0655 e. The zero-order valence-corrected chi connectivity index (χ0v) is 12.2. The van der Waals surface area contributed by atoms with Crippen LogP contribution in [0.1, 0.15) is 52.9 Å². The van der Waals surface area contributed by atoms with E-state index in [4.69, 9.17) is 4.74 Å². The van der Waals surface area contributed by atoms with Gasteiger partial charge in [0.2, 0.25) is 0 Å². The molecule has 0 aromatic carbocycles. The second kappa shape index (κ2) is 5.48. The Morgan fingerprint density at radius 2 is 1.94 bits per heavy atom. The zero-order chi connectivity index (χ0) is 13.2. The van der Waals surface area contributed by atoms with Crippen LogP contribution in [-0.4, -0.2) is 37.0 Å². The lowest BCUT2D eigenvalue weighted by atomic mass is 9.64. The Morgan fingerprint density at radius 1 is 1.28 bits per heavy atom. The largest absolute Gasteiger partial charge is 0.396 e. The predicted molar refractivity (Wildman–Crippen MR) is 73.6 cm³/mol. The first kappa shape index (κ1) is 14.3. The van der Waals surface area contributed by atoms with E-state index in [0.717, 1.165) is 19.6 Å². The number of hydrogen-bond acceptors (Lipinski definition) is 3. The van der Waals surface area contributed by atoms with Crippen molar-refractivity contribution >= 4 is 0 Å². The summed E-state index contributed by atoms with van der Waals surface area (Å²) in [5.41, 5.74) is 0.387. The van der Waals surface area contributed by atoms with Crippen molar-refractivity contribution in [2.24, 2.45) is 10.8 Å². The van der Waals surface area contributed by atoms with Gasteiger partial charge in [0.15, 0.2) is 0 Å². The maximum Gasteiger partial charge on any atom is 0.0655 e. The third-order valence-corrected chi connectivity index (χ3v) is 5.27. The lowest BCUT2D eigenvalue weighted by Gasteiger charge is -2.52. The van der Waals surface area contributed by atoms with Gasteiger partial charge in [0, 0.05) is 36.6 Å². The fourth-order valence-electron chi connectivity index (χ4n) is 3.57. The average Bonchev–Trinajstić information content (AvgIpc) is 2.82. The summed E-state index contributed by atoms with van der Waals surface area (Å²) in [5.74, 6) is 0. The SMILES string of the molecule is CCOC1CC(NCC2(CO)CCCC2)C1(C)C. The quantitative estimate of drug-likeness (QED) is 0.765. The molecule has 2 fully saturated rings. The van der Waals surface area contributed by atoms with Crippen LogP contribution in [0.15, 0.2) is 0 Å². The molecule has 3 nitrogen and oxygen atoms in total. The zero-order valence-electron chi connectivity index (χ0n) is 12.2. The van der Waals surface area contributed by atoms with E-state index in [9.17, 15) is 5.11 Å². The monoisotopic (exact) mass is 255 g/mol. The molecule has 0 heterocycles. The average molecular weight is 255 g/mol. The van der Waals surface area contributed by atoms with E-state index in [1.54, 1.807) is 0 Å². The van der Waals surface area contributed by atoms with E-state index >= 15 is 0 Å². The molecule has 3 heteroatoms. The summed E-state index contributed by atoms with van der Waals surface area (Å²) in [4.78, 5) is 0. The van der Waals surface area contributed by atoms with E-state index in [0.29, 0.717) is 18.8 Å². The maximum atomic E-state index is 9.62. The highest BCUT2D eigenvalue weighted by atomic mass is 16.5. The van der Waals surface area contributed by atoms with Gasteiger partial charge in [-0.1, -0.05) is 26.7 Å². The Kier molecular flexibility index (Phi) is 4.35. The number of nitrogens with one attached hydrogen (secondary N) is 1. The molecule has 0 saturated heterocycles. The van der Waals surface area contributed by atoms with Crippen molar-refractivity contribution in [2.45, 2.75) is 65.0 Å². The molecule has 2 aliphatic rings. The van der Waals surface area contributed by atoms with Crippen LogP contribution in [0.5, 0.6) is 0 Å². The molecule has 18 heavy (non-hydrogen) atoms. The summed E-state index contributed by atoms with van der Waals surface area (Å²) in [6.07, 6.45) is 6.42. The highest BCUT2D eigenvalue weighted by Crippen LogP contribution is 2.44. The summed E-state index contributed by atoms with van der Waals surface area (Å²) in [5, 5.41) is 13.3. The normalized spacial score (nSPS) is 33.3. The summed E-state index contributed by atoms with van der Waals surface area (Å²) in [6, 6.07) is 0.540. The Balaban J connectivity index is 1.81. The van der Waals surface area contributed by atoms with Crippen LogP contribution < -0.4 is 5.32 Å². The molecule has 0 radical (unpaired) electrons. The second-order valence-corrected chi connectivity index (χ2v) is 6.80. The van der Waals surface area contributed by atoms with E-state index < -0.39 is 0 Å². The van der Waals surface area contributed by atoms with Gasteiger partial charge in [0.25, 0.3) is 0 Å². The molecule has 2 rings (SSSR count). The van der Waals surface area contributed by atoms with Crippen LogP contribution in [0.4, 0.5) is 0 Å². The van der Waals surface area contributed by atoms with E-state index in [1.165, 1.54) is 25.7 Å². The lowest BCUT2D eigenvalue weighted by molar-refractivity contribution is -0.116. The van der Waals surface area contributed by atoms with Gasteiger partial charge in [-0.05, 0) is 26.2 Å². The molecule has 0 aromatic heterocycles. The number of rotatable bonds is 6. The molecule has 0 aromatic rings. The van der Waals surface area contributed by atoms with E-state index in [1.807, 2.05) is 0 Å². The third kappa shape index (κ3) is 2.59. The minimum Gasteiger partial charge on any atom is -0.396 e. The molecule has 106 valence electrons. The van der Waals surface area contributed by atoms with Gasteiger partial charge in [-0.2, -0.15) is 0 Å². The molecule has 2 aliphatic carbocycles. The summed E-state index contributed by atoms with van der Waals surface area (Å²) >= 11 is 0. The minimum atomic E-state index is 0.160. The first-order chi connectivity index (χ1) is 8.54. The van der Waals surface area contributed by atoms with Crippen molar-refractivity contribution in [3.8, 4) is 0 Å². The van der Waals surface area contributed by atoms with Crippen molar-refractivity contribution in [1.82, 2.24) is 5.32 Å². The third-order valence-electron chi connectivity index (χ3n) is 5.27.